The van der Waals surface area contributed by atoms with Crippen molar-refractivity contribution in [2.24, 2.45) is 5.90 Å². The zero-order valence-corrected chi connectivity index (χ0v) is 5.45. The summed E-state index contributed by atoms with van der Waals surface area (Å²) in [4.78, 5) is 3.37. The molecule has 2 N–H and O–H groups in total. The highest BCUT2D eigenvalue weighted by atomic mass is 19.4. The first-order valence-corrected chi connectivity index (χ1v) is 2.53. The van der Waals surface area contributed by atoms with Crippen LogP contribution in [0.3, 0.4) is 0 Å². The summed E-state index contributed by atoms with van der Waals surface area (Å²) < 4.78 is 58.1. The van der Waals surface area contributed by atoms with Gasteiger partial charge in [-0.15, -0.1) is 0 Å². The molecule has 0 aromatic heterocycles. The summed E-state index contributed by atoms with van der Waals surface area (Å²) in [7, 11) is 0. The topological polar surface area (TPSA) is 35.2 Å². The highest BCUT2D eigenvalue weighted by Gasteiger charge is 2.61. The Morgan fingerprint density at radius 2 is 1.55 bits per heavy atom. The van der Waals surface area contributed by atoms with Gasteiger partial charge in [-0.1, -0.05) is 0 Å². The predicted octanol–water partition coefficient (Wildman–Crippen LogP) is 1.46. The zero-order chi connectivity index (χ0) is 9.28. The Balaban J connectivity index is 4.45. The first-order chi connectivity index (χ1) is 4.73. The van der Waals surface area contributed by atoms with Gasteiger partial charge in [-0.25, -0.2) is 5.90 Å². The van der Waals surface area contributed by atoms with Gasteiger partial charge in [0.05, 0.1) is 0 Å². The normalized spacial score (nSPS) is 16.6. The standard InChI is InChI=1S/C4H6F5NO/c1-2(11-10)3(5,6)4(7,8)9/h2H,10H2,1H3. The van der Waals surface area contributed by atoms with Gasteiger partial charge in [-0.2, -0.15) is 22.0 Å². The molecular weight excluding hydrogens is 173 g/mol. The molecule has 0 rings (SSSR count). The number of nitrogens with two attached hydrogens (primary N) is 1. The minimum atomic E-state index is -5.62. The number of alkyl halides is 5. The van der Waals surface area contributed by atoms with E-state index in [1.165, 1.54) is 0 Å². The second kappa shape index (κ2) is 2.90. The van der Waals surface area contributed by atoms with Crippen molar-refractivity contribution in [3.8, 4) is 0 Å². The molecule has 0 aromatic rings. The van der Waals surface area contributed by atoms with E-state index in [1.807, 2.05) is 0 Å². The minimum absolute atomic E-state index is 0.535. The molecule has 0 aliphatic carbocycles. The van der Waals surface area contributed by atoms with E-state index >= 15 is 0 Å². The van der Waals surface area contributed by atoms with Crippen molar-refractivity contribution in [3.63, 3.8) is 0 Å². The largest absolute Gasteiger partial charge is 0.456 e. The molecular formula is C4H6F5NO. The maximum Gasteiger partial charge on any atom is 0.456 e. The lowest BCUT2D eigenvalue weighted by molar-refractivity contribution is -0.316. The number of rotatable bonds is 2. The molecule has 1 atom stereocenters. The van der Waals surface area contributed by atoms with Gasteiger partial charge >= 0.3 is 12.1 Å². The Bertz CT molecular complexity index is 133. The molecule has 0 aromatic carbocycles. The summed E-state index contributed by atoms with van der Waals surface area (Å²) in [5, 5.41) is 0. The molecule has 11 heavy (non-hydrogen) atoms. The van der Waals surface area contributed by atoms with Crippen molar-refractivity contribution in [1.82, 2.24) is 0 Å². The van der Waals surface area contributed by atoms with E-state index in [2.05, 4.69) is 10.7 Å². The summed E-state index contributed by atoms with van der Waals surface area (Å²) in [6.07, 6.45) is -7.99. The minimum Gasteiger partial charge on any atom is -0.295 e. The number of halogens is 5. The van der Waals surface area contributed by atoms with Crippen molar-refractivity contribution in [3.05, 3.63) is 0 Å². The molecule has 0 aliphatic heterocycles. The average molecular weight is 179 g/mol. The third kappa shape index (κ3) is 2.00. The monoisotopic (exact) mass is 179 g/mol. The molecule has 0 fully saturated rings. The molecule has 7 heteroatoms. The van der Waals surface area contributed by atoms with Crippen molar-refractivity contribution < 1.29 is 26.8 Å². The Kier molecular flexibility index (Phi) is 2.79. The van der Waals surface area contributed by atoms with Crippen molar-refractivity contribution in [1.29, 1.82) is 0 Å². The molecule has 0 saturated heterocycles. The summed E-state index contributed by atoms with van der Waals surface area (Å²) >= 11 is 0. The fourth-order valence-corrected chi connectivity index (χ4v) is 0.316. The molecule has 0 amide bonds. The van der Waals surface area contributed by atoms with Crippen molar-refractivity contribution in [2.75, 3.05) is 0 Å². The number of hydrogen-bond acceptors (Lipinski definition) is 2. The second-order valence-electron chi connectivity index (χ2n) is 1.90. The predicted molar refractivity (Wildman–Crippen MR) is 25.7 cm³/mol. The Hall–Kier alpha value is -0.430. The first kappa shape index (κ1) is 10.6. The molecule has 0 radical (unpaired) electrons. The van der Waals surface area contributed by atoms with Gasteiger partial charge in [0.15, 0.2) is 0 Å². The van der Waals surface area contributed by atoms with E-state index in [-0.39, 0.29) is 0 Å². The van der Waals surface area contributed by atoms with E-state index in [9.17, 15) is 22.0 Å². The van der Waals surface area contributed by atoms with Crippen LogP contribution in [0.5, 0.6) is 0 Å². The maximum absolute atomic E-state index is 12.0. The van der Waals surface area contributed by atoms with Crippen LogP contribution in [0.15, 0.2) is 0 Å². The zero-order valence-electron chi connectivity index (χ0n) is 5.45. The van der Waals surface area contributed by atoms with E-state index in [1.54, 1.807) is 0 Å². The van der Waals surface area contributed by atoms with Crippen LogP contribution >= 0.6 is 0 Å². The van der Waals surface area contributed by atoms with Gasteiger partial charge in [0, 0.05) is 0 Å². The van der Waals surface area contributed by atoms with Gasteiger partial charge in [0.25, 0.3) is 0 Å². The molecule has 0 saturated carbocycles. The summed E-state index contributed by atoms with van der Waals surface area (Å²) in [6.45, 7) is 0.535. The third-order valence-electron chi connectivity index (χ3n) is 1.09. The van der Waals surface area contributed by atoms with E-state index in [4.69, 9.17) is 0 Å². The van der Waals surface area contributed by atoms with Gasteiger partial charge < -0.3 is 0 Å². The summed E-state index contributed by atoms with van der Waals surface area (Å²) in [5.74, 6) is -0.726. The van der Waals surface area contributed by atoms with Gasteiger partial charge in [-0.05, 0) is 6.92 Å². The lowest BCUT2D eigenvalue weighted by Gasteiger charge is -2.23. The molecule has 0 aliphatic rings. The van der Waals surface area contributed by atoms with Crippen LogP contribution in [0.1, 0.15) is 6.92 Å². The van der Waals surface area contributed by atoms with Crippen LogP contribution in [0.25, 0.3) is 0 Å². The van der Waals surface area contributed by atoms with Crippen LogP contribution in [0.4, 0.5) is 22.0 Å². The number of hydrogen-bond donors (Lipinski definition) is 1. The van der Waals surface area contributed by atoms with Crippen LogP contribution in [0.2, 0.25) is 0 Å². The van der Waals surface area contributed by atoms with E-state index in [0.29, 0.717) is 6.92 Å². The van der Waals surface area contributed by atoms with Crippen LogP contribution in [-0.2, 0) is 4.84 Å². The van der Waals surface area contributed by atoms with Crippen LogP contribution in [0, 0.1) is 0 Å². The molecule has 0 heterocycles. The first-order valence-electron chi connectivity index (χ1n) is 2.53. The Morgan fingerprint density at radius 3 is 1.64 bits per heavy atom. The molecule has 2 nitrogen and oxygen atoms in total. The van der Waals surface area contributed by atoms with Crippen LogP contribution < -0.4 is 5.90 Å². The van der Waals surface area contributed by atoms with Gasteiger partial charge in [-0.3, -0.25) is 4.84 Å². The van der Waals surface area contributed by atoms with Crippen molar-refractivity contribution >= 4 is 0 Å². The second-order valence-corrected chi connectivity index (χ2v) is 1.90. The van der Waals surface area contributed by atoms with Crippen molar-refractivity contribution in [2.45, 2.75) is 25.1 Å². The highest BCUT2D eigenvalue weighted by Crippen LogP contribution is 2.38. The highest BCUT2D eigenvalue weighted by molar-refractivity contribution is 4.81. The average Bonchev–Trinajstić information content (AvgIpc) is 1.83. The smallest absolute Gasteiger partial charge is 0.295 e. The van der Waals surface area contributed by atoms with Crippen LogP contribution in [-0.4, -0.2) is 18.2 Å². The Morgan fingerprint density at radius 1 is 1.18 bits per heavy atom. The van der Waals surface area contributed by atoms with E-state index in [0.717, 1.165) is 0 Å². The lowest BCUT2D eigenvalue weighted by Crippen LogP contribution is -2.47. The van der Waals surface area contributed by atoms with Gasteiger partial charge in [0.2, 0.25) is 0 Å². The molecule has 0 spiro atoms. The lowest BCUT2D eigenvalue weighted by atomic mass is 10.2. The fraction of sp³-hybridized carbons (Fsp3) is 1.00. The fourth-order valence-electron chi connectivity index (χ4n) is 0.316. The molecule has 1 unspecified atom stereocenters. The molecule has 68 valence electrons. The summed E-state index contributed by atoms with van der Waals surface area (Å²) in [5.41, 5.74) is 0. The Labute approximate surface area is 59.1 Å². The molecule has 0 bridgehead atoms. The van der Waals surface area contributed by atoms with Gasteiger partial charge in [0.1, 0.15) is 6.10 Å². The third-order valence-corrected chi connectivity index (χ3v) is 1.09. The van der Waals surface area contributed by atoms with E-state index < -0.39 is 18.2 Å². The maximum atomic E-state index is 12.0. The summed E-state index contributed by atoms with van der Waals surface area (Å²) in [6, 6.07) is 0. The quantitative estimate of drug-likeness (QED) is 0.514. The SMILES string of the molecule is CC(ON)C(F)(F)C(F)(F)F.